The SMILES string of the molecule is C=C1CC[C@@H](OC)[C@@](O)(CO)C[C@H]2O[C@@]23[C@H](C(C)(C)O)CC[C@@]3(C)CC1. The van der Waals surface area contributed by atoms with Crippen molar-refractivity contribution in [2.24, 2.45) is 11.3 Å². The number of aliphatic hydroxyl groups is 3. The van der Waals surface area contributed by atoms with Gasteiger partial charge in [0.2, 0.25) is 0 Å². The number of hydrogen-bond acceptors (Lipinski definition) is 5. The normalized spacial score (nSPS) is 47.0. The van der Waals surface area contributed by atoms with Gasteiger partial charge in [-0.2, -0.15) is 0 Å². The van der Waals surface area contributed by atoms with E-state index in [1.165, 1.54) is 0 Å². The third kappa shape index (κ3) is 3.06. The van der Waals surface area contributed by atoms with Gasteiger partial charge in [-0.05, 0) is 57.8 Å². The summed E-state index contributed by atoms with van der Waals surface area (Å²) in [5.41, 5.74) is -1.55. The summed E-state index contributed by atoms with van der Waals surface area (Å²) < 4.78 is 11.9. The zero-order valence-electron chi connectivity index (χ0n) is 16.8. The van der Waals surface area contributed by atoms with E-state index in [1.807, 2.05) is 13.8 Å². The molecular weight excluding hydrogens is 332 g/mol. The maximum atomic E-state index is 11.2. The van der Waals surface area contributed by atoms with Crippen molar-refractivity contribution in [3.05, 3.63) is 12.2 Å². The lowest BCUT2D eigenvalue weighted by molar-refractivity contribution is -0.129. The van der Waals surface area contributed by atoms with Gasteiger partial charge in [0.15, 0.2) is 0 Å². The van der Waals surface area contributed by atoms with Gasteiger partial charge in [-0.1, -0.05) is 19.1 Å². The minimum atomic E-state index is -1.35. The Bertz CT molecular complexity index is 555. The molecule has 3 rings (SSSR count). The van der Waals surface area contributed by atoms with Crippen LogP contribution >= 0.6 is 0 Å². The molecular formula is C21H36O5. The Morgan fingerprint density at radius 2 is 1.96 bits per heavy atom. The molecule has 3 N–H and O–H groups in total. The molecule has 3 aliphatic rings. The summed E-state index contributed by atoms with van der Waals surface area (Å²) in [6, 6.07) is 0. The van der Waals surface area contributed by atoms with Gasteiger partial charge in [-0.15, -0.1) is 0 Å². The van der Waals surface area contributed by atoms with Crippen molar-refractivity contribution >= 4 is 0 Å². The molecule has 0 radical (unpaired) electrons. The second-order valence-electron chi connectivity index (χ2n) is 9.68. The lowest BCUT2D eigenvalue weighted by atomic mass is 9.67. The van der Waals surface area contributed by atoms with Crippen LogP contribution in [0.4, 0.5) is 0 Å². The van der Waals surface area contributed by atoms with Crippen molar-refractivity contribution in [2.75, 3.05) is 13.7 Å². The van der Waals surface area contributed by atoms with Gasteiger partial charge in [0, 0.05) is 19.4 Å². The molecule has 3 fully saturated rings. The summed E-state index contributed by atoms with van der Waals surface area (Å²) in [6.07, 6.45) is 4.92. The number of epoxide rings is 1. The highest BCUT2D eigenvalue weighted by molar-refractivity contribution is 5.24. The minimum Gasteiger partial charge on any atom is -0.393 e. The molecule has 5 nitrogen and oxygen atoms in total. The van der Waals surface area contributed by atoms with Crippen LogP contribution in [0.25, 0.3) is 0 Å². The fourth-order valence-corrected chi connectivity index (χ4v) is 5.86. The monoisotopic (exact) mass is 368 g/mol. The van der Waals surface area contributed by atoms with Crippen LogP contribution in [0.15, 0.2) is 12.2 Å². The highest BCUT2D eigenvalue weighted by atomic mass is 16.6. The topological polar surface area (TPSA) is 82.5 Å². The van der Waals surface area contributed by atoms with Gasteiger partial charge in [0.25, 0.3) is 0 Å². The Balaban J connectivity index is 1.98. The van der Waals surface area contributed by atoms with Crippen molar-refractivity contribution in [3.8, 4) is 0 Å². The first-order chi connectivity index (χ1) is 12.0. The number of rotatable bonds is 3. The number of ether oxygens (including phenoxy) is 2. The molecule has 1 saturated heterocycles. The van der Waals surface area contributed by atoms with Crippen LogP contribution in [0.5, 0.6) is 0 Å². The van der Waals surface area contributed by atoms with Crippen LogP contribution in [0.3, 0.4) is 0 Å². The molecule has 1 aliphatic heterocycles. The first kappa shape index (κ1) is 20.3. The van der Waals surface area contributed by atoms with Crippen LogP contribution < -0.4 is 0 Å². The molecule has 1 heterocycles. The maximum absolute atomic E-state index is 11.2. The third-order valence-electron chi connectivity index (χ3n) is 7.54. The number of hydrogen-bond donors (Lipinski definition) is 3. The molecule has 0 aromatic rings. The standard InChI is InChI=1S/C21H36O5/c1-14-6-7-16(25-5)20(24,13-22)12-17-21(26-17)15(18(2,3)23)9-11-19(21,4)10-8-14/h15-17,22-24H,1,6-13H2,2-5H3/t15-,16+,17+,19+,20-,21-/m0/s1. The van der Waals surface area contributed by atoms with Gasteiger partial charge in [0.1, 0.15) is 11.2 Å². The zero-order chi connectivity index (χ0) is 19.4. The van der Waals surface area contributed by atoms with E-state index in [2.05, 4.69) is 13.5 Å². The molecule has 2 saturated carbocycles. The summed E-state index contributed by atoms with van der Waals surface area (Å²) in [4.78, 5) is 0. The molecule has 5 heteroatoms. The van der Waals surface area contributed by atoms with E-state index >= 15 is 0 Å². The fraction of sp³-hybridized carbons (Fsp3) is 0.905. The zero-order valence-corrected chi connectivity index (χ0v) is 16.8. The average molecular weight is 369 g/mol. The van der Waals surface area contributed by atoms with Crippen LogP contribution in [0.2, 0.25) is 0 Å². The van der Waals surface area contributed by atoms with Crippen LogP contribution in [-0.2, 0) is 9.47 Å². The molecule has 0 aromatic carbocycles. The van der Waals surface area contributed by atoms with Crippen molar-refractivity contribution in [3.63, 3.8) is 0 Å². The molecule has 0 unspecified atom stereocenters. The fourth-order valence-electron chi connectivity index (χ4n) is 5.86. The highest BCUT2D eigenvalue weighted by Gasteiger charge is 2.75. The Morgan fingerprint density at radius 1 is 1.27 bits per heavy atom. The van der Waals surface area contributed by atoms with E-state index in [1.54, 1.807) is 7.11 Å². The highest BCUT2D eigenvalue weighted by Crippen LogP contribution is 2.68. The summed E-state index contributed by atoms with van der Waals surface area (Å²) in [5.74, 6) is 0.0166. The molecule has 0 aromatic heterocycles. The van der Waals surface area contributed by atoms with E-state index in [0.717, 1.165) is 37.7 Å². The maximum Gasteiger partial charge on any atom is 0.116 e. The summed E-state index contributed by atoms with van der Waals surface area (Å²) >= 11 is 0. The van der Waals surface area contributed by atoms with Gasteiger partial charge in [-0.25, -0.2) is 0 Å². The smallest absolute Gasteiger partial charge is 0.116 e. The molecule has 0 amide bonds. The second kappa shape index (κ2) is 6.56. The lowest BCUT2D eigenvalue weighted by Crippen LogP contribution is -2.51. The van der Waals surface area contributed by atoms with E-state index in [-0.39, 0.29) is 24.0 Å². The van der Waals surface area contributed by atoms with Crippen LogP contribution in [0.1, 0.15) is 65.7 Å². The number of methoxy groups -OCH3 is 1. The molecule has 150 valence electrons. The predicted octanol–water partition coefficient (Wildman–Crippen LogP) is 2.57. The quantitative estimate of drug-likeness (QED) is 0.527. The first-order valence-electron chi connectivity index (χ1n) is 9.95. The van der Waals surface area contributed by atoms with Gasteiger partial charge in [-0.3, -0.25) is 0 Å². The predicted molar refractivity (Wildman–Crippen MR) is 99.8 cm³/mol. The van der Waals surface area contributed by atoms with Crippen molar-refractivity contribution in [1.82, 2.24) is 0 Å². The summed E-state index contributed by atoms with van der Waals surface area (Å²) in [5, 5.41) is 32.0. The number of aliphatic hydroxyl groups excluding tert-OH is 1. The van der Waals surface area contributed by atoms with Crippen LogP contribution in [0, 0.1) is 11.3 Å². The Hall–Kier alpha value is -0.460. The molecule has 1 spiro atoms. The summed E-state index contributed by atoms with van der Waals surface area (Å²) in [7, 11) is 1.58. The number of allylic oxidation sites excluding steroid dienone is 1. The molecule has 2 aliphatic carbocycles. The van der Waals surface area contributed by atoms with E-state index in [0.29, 0.717) is 12.8 Å². The van der Waals surface area contributed by atoms with Gasteiger partial charge in [0.05, 0.1) is 24.4 Å². The van der Waals surface area contributed by atoms with Crippen LogP contribution in [-0.4, -0.2) is 58.0 Å². The largest absolute Gasteiger partial charge is 0.393 e. The molecule has 0 bridgehead atoms. The van der Waals surface area contributed by atoms with E-state index in [9.17, 15) is 15.3 Å². The molecule has 6 atom stereocenters. The van der Waals surface area contributed by atoms with Crippen molar-refractivity contribution in [1.29, 1.82) is 0 Å². The van der Waals surface area contributed by atoms with Gasteiger partial charge < -0.3 is 24.8 Å². The summed E-state index contributed by atoms with van der Waals surface area (Å²) in [6.45, 7) is 9.83. The van der Waals surface area contributed by atoms with E-state index < -0.39 is 22.9 Å². The van der Waals surface area contributed by atoms with Gasteiger partial charge >= 0.3 is 0 Å². The van der Waals surface area contributed by atoms with E-state index in [4.69, 9.17) is 9.47 Å². The Labute approximate surface area is 157 Å². The minimum absolute atomic E-state index is 0.0166. The first-order valence-corrected chi connectivity index (χ1v) is 9.95. The van der Waals surface area contributed by atoms with Crippen molar-refractivity contribution in [2.45, 2.75) is 94.7 Å². The Morgan fingerprint density at radius 3 is 2.54 bits per heavy atom. The Kier molecular flexibility index (Phi) is 5.11. The van der Waals surface area contributed by atoms with Crippen molar-refractivity contribution < 1.29 is 24.8 Å². The lowest BCUT2D eigenvalue weighted by Gasteiger charge is -2.38. The molecule has 26 heavy (non-hydrogen) atoms. The average Bonchev–Trinajstić information content (AvgIpc) is 3.17. The third-order valence-corrected chi connectivity index (χ3v) is 7.54. The second-order valence-corrected chi connectivity index (χ2v) is 9.68.